The van der Waals surface area contributed by atoms with Gasteiger partial charge in [0.1, 0.15) is 6.04 Å². The van der Waals surface area contributed by atoms with E-state index in [1.807, 2.05) is 68.4 Å². The average molecular weight is 408 g/mol. The second-order valence-electron chi connectivity index (χ2n) is 8.05. The fourth-order valence-electron chi connectivity index (χ4n) is 3.58. The number of rotatable bonds is 8. The number of hydrogen-bond acceptors (Lipinski definition) is 3. The molecule has 1 aliphatic heterocycles. The van der Waals surface area contributed by atoms with Crippen molar-refractivity contribution in [2.24, 2.45) is 5.92 Å². The van der Waals surface area contributed by atoms with Crippen LogP contribution in [-0.2, 0) is 20.9 Å². The van der Waals surface area contributed by atoms with Gasteiger partial charge in [0, 0.05) is 31.6 Å². The lowest BCUT2D eigenvalue weighted by Crippen LogP contribution is -2.40. The van der Waals surface area contributed by atoms with Gasteiger partial charge in [-0.05, 0) is 35.6 Å². The Morgan fingerprint density at radius 3 is 2.50 bits per heavy atom. The molecule has 1 saturated heterocycles. The molecule has 1 atom stereocenters. The SMILES string of the molecule is CC(C)CC(=O)NC(C(=O)NCc1cccc(N2CCCC2=O)c1)c1ccccc1. The number of amides is 3. The second-order valence-corrected chi connectivity index (χ2v) is 8.05. The van der Waals surface area contributed by atoms with Crippen LogP contribution in [0, 0.1) is 5.92 Å². The van der Waals surface area contributed by atoms with Crippen LogP contribution in [0.3, 0.4) is 0 Å². The Labute approximate surface area is 177 Å². The molecule has 2 N–H and O–H groups in total. The summed E-state index contributed by atoms with van der Waals surface area (Å²) in [4.78, 5) is 39.0. The van der Waals surface area contributed by atoms with Gasteiger partial charge >= 0.3 is 0 Å². The molecule has 6 nitrogen and oxygen atoms in total. The van der Waals surface area contributed by atoms with E-state index in [1.165, 1.54) is 0 Å². The molecule has 0 spiro atoms. The predicted molar refractivity (Wildman–Crippen MR) is 117 cm³/mol. The Kier molecular flexibility index (Phi) is 7.22. The number of benzene rings is 2. The molecule has 3 rings (SSSR count). The Morgan fingerprint density at radius 2 is 1.83 bits per heavy atom. The van der Waals surface area contributed by atoms with Crippen LogP contribution in [0.2, 0.25) is 0 Å². The molecule has 0 saturated carbocycles. The molecule has 1 fully saturated rings. The van der Waals surface area contributed by atoms with Crippen LogP contribution in [0.1, 0.15) is 50.3 Å². The molecule has 0 aliphatic carbocycles. The van der Waals surface area contributed by atoms with Gasteiger partial charge in [-0.15, -0.1) is 0 Å². The highest BCUT2D eigenvalue weighted by Gasteiger charge is 2.24. The largest absolute Gasteiger partial charge is 0.350 e. The van der Waals surface area contributed by atoms with Gasteiger partial charge in [-0.25, -0.2) is 0 Å². The first kappa shape index (κ1) is 21.6. The van der Waals surface area contributed by atoms with Crippen molar-refractivity contribution in [1.82, 2.24) is 10.6 Å². The molecule has 2 aromatic rings. The van der Waals surface area contributed by atoms with E-state index in [0.29, 0.717) is 19.4 Å². The summed E-state index contributed by atoms with van der Waals surface area (Å²) >= 11 is 0. The number of anilines is 1. The third kappa shape index (κ3) is 5.69. The lowest BCUT2D eigenvalue weighted by molar-refractivity contribution is -0.129. The zero-order valence-corrected chi connectivity index (χ0v) is 17.6. The first-order valence-corrected chi connectivity index (χ1v) is 10.5. The molecule has 6 heteroatoms. The maximum absolute atomic E-state index is 12.9. The van der Waals surface area contributed by atoms with Crippen LogP contribution < -0.4 is 15.5 Å². The lowest BCUT2D eigenvalue weighted by atomic mass is 10.0. The number of carbonyl (C=O) groups is 3. The smallest absolute Gasteiger partial charge is 0.247 e. The molecule has 2 aromatic carbocycles. The topological polar surface area (TPSA) is 78.5 Å². The molecular formula is C24H29N3O3. The lowest BCUT2D eigenvalue weighted by Gasteiger charge is -2.20. The summed E-state index contributed by atoms with van der Waals surface area (Å²) in [5, 5.41) is 5.79. The minimum absolute atomic E-state index is 0.133. The normalized spacial score (nSPS) is 14.6. The summed E-state index contributed by atoms with van der Waals surface area (Å²) < 4.78 is 0. The third-order valence-corrected chi connectivity index (χ3v) is 5.06. The summed E-state index contributed by atoms with van der Waals surface area (Å²) in [6, 6.07) is 16.1. The number of nitrogens with zero attached hydrogens (tertiary/aromatic N) is 1. The second kappa shape index (κ2) is 10.1. The van der Waals surface area contributed by atoms with Crippen LogP contribution >= 0.6 is 0 Å². The zero-order valence-electron chi connectivity index (χ0n) is 17.6. The zero-order chi connectivity index (χ0) is 21.5. The van der Waals surface area contributed by atoms with Crippen molar-refractivity contribution in [3.63, 3.8) is 0 Å². The standard InChI is InChI=1S/C24H29N3O3/c1-17(2)14-21(28)26-23(19-9-4-3-5-10-19)24(30)25-16-18-8-6-11-20(15-18)27-13-7-12-22(27)29/h3-6,8-11,15,17,23H,7,12-14,16H2,1-2H3,(H,25,30)(H,26,28). The van der Waals surface area contributed by atoms with Crippen molar-refractivity contribution in [1.29, 1.82) is 0 Å². The quantitative estimate of drug-likeness (QED) is 0.705. The van der Waals surface area contributed by atoms with E-state index < -0.39 is 6.04 Å². The Morgan fingerprint density at radius 1 is 1.07 bits per heavy atom. The van der Waals surface area contributed by atoms with Crippen LogP contribution in [0.15, 0.2) is 54.6 Å². The first-order valence-electron chi connectivity index (χ1n) is 10.5. The van der Waals surface area contributed by atoms with Gasteiger partial charge in [0.15, 0.2) is 0 Å². The molecule has 158 valence electrons. The fourth-order valence-corrected chi connectivity index (χ4v) is 3.58. The number of hydrogen-bond donors (Lipinski definition) is 2. The molecular weight excluding hydrogens is 378 g/mol. The maximum Gasteiger partial charge on any atom is 0.247 e. The van der Waals surface area contributed by atoms with E-state index in [1.54, 1.807) is 4.90 Å². The minimum atomic E-state index is -0.749. The minimum Gasteiger partial charge on any atom is -0.350 e. The van der Waals surface area contributed by atoms with Crippen molar-refractivity contribution >= 4 is 23.4 Å². The van der Waals surface area contributed by atoms with Crippen LogP contribution in [0.4, 0.5) is 5.69 Å². The Balaban J connectivity index is 1.68. The molecule has 1 heterocycles. The summed E-state index contributed by atoms with van der Waals surface area (Å²) in [5.74, 6) is -0.0711. The molecule has 0 aromatic heterocycles. The molecule has 1 unspecified atom stereocenters. The highest BCUT2D eigenvalue weighted by molar-refractivity contribution is 5.95. The molecule has 3 amide bonds. The van der Waals surface area contributed by atoms with Crippen molar-refractivity contribution in [3.8, 4) is 0 Å². The van der Waals surface area contributed by atoms with E-state index in [4.69, 9.17) is 0 Å². The van der Waals surface area contributed by atoms with Gasteiger partial charge < -0.3 is 15.5 Å². The molecule has 0 radical (unpaired) electrons. The monoisotopic (exact) mass is 407 g/mol. The van der Waals surface area contributed by atoms with Gasteiger partial charge in [0.25, 0.3) is 0 Å². The summed E-state index contributed by atoms with van der Waals surface area (Å²) in [6.45, 7) is 4.98. The van der Waals surface area contributed by atoms with E-state index in [9.17, 15) is 14.4 Å². The van der Waals surface area contributed by atoms with Crippen LogP contribution in [0.25, 0.3) is 0 Å². The molecule has 0 bridgehead atoms. The molecule has 30 heavy (non-hydrogen) atoms. The summed E-state index contributed by atoms with van der Waals surface area (Å²) in [5.41, 5.74) is 2.50. The number of nitrogens with one attached hydrogen (secondary N) is 2. The van der Waals surface area contributed by atoms with Crippen molar-refractivity contribution < 1.29 is 14.4 Å². The fraction of sp³-hybridized carbons (Fsp3) is 0.375. The summed E-state index contributed by atoms with van der Waals surface area (Å²) in [6.07, 6.45) is 1.81. The highest BCUT2D eigenvalue weighted by atomic mass is 16.2. The van der Waals surface area contributed by atoms with Gasteiger partial charge in [-0.1, -0.05) is 56.3 Å². The van der Waals surface area contributed by atoms with E-state index in [2.05, 4.69) is 10.6 Å². The van der Waals surface area contributed by atoms with E-state index in [0.717, 1.165) is 29.8 Å². The van der Waals surface area contributed by atoms with Gasteiger partial charge in [0.05, 0.1) is 0 Å². The van der Waals surface area contributed by atoms with Crippen LogP contribution in [0.5, 0.6) is 0 Å². The highest BCUT2D eigenvalue weighted by Crippen LogP contribution is 2.22. The van der Waals surface area contributed by atoms with Gasteiger partial charge in [-0.2, -0.15) is 0 Å². The Hall–Kier alpha value is -3.15. The maximum atomic E-state index is 12.9. The third-order valence-electron chi connectivity index (χ3n) is 5.06. The van der Waals surface area contributed by atoms with E-state index >= 15 is 0 Å². The summed E-state index contributed by atoms with van der Waals surface area (Å²) in [7, 11) is 0. The van der Waals surface area contributed by atoms with Crippen LogP contribution in [-0.4, -0.2) is 24.3 Å². The van der Waals surface area contributed by atoms with Crippen molar-refractivity contribution in [2.45, 2.75) is 45.7 Å². The average Bonchev–Trinajstić information content (AvgIpc) is 3.16. The number of carbonyl (C=O) groups excluding carboxylic acids is 3. The van der Waals surface area contributed by atoms with E-state index in [-0.39, 0.29) is 23.6 Å². The molecule has 1 aliphatic rings. The predicted octanol–water partition coefficient (Wildman–Crippen LogP) is 3.33. The van der Waals surface area contributed by atoms with Crippen molar-refractivity contribution in [3.05, 3.63) is 65.7 Å². The van der Waals surface area contributed by atoms with Gasteiger partial charge in [-0.3, -0.25) is 14.4 Å². The van der Waals surface area contributed by atoms with Crippen molar-refractivity contribution in [2.75, 3.05) is 11.4 Å². The Bertz CT molecular complexity index is 896. The first-order chi connectivity index (χ1) is 14.4. The van der Waals surface area contributed by atoms with Gasteiger partial charge in [0.2, 0.25) is 17.7 Å².